The molecule has 12 heteroatoms. The SMILES string of the molecule is CC/C=C\C/C=C\C/C=C\CCCCCC(=O)OCC(COP(=O)(O)OCC(CO)OC(=O)CCCCCCCCCCCCCCCCCCC)OC(=O)CCCCCCCCC/C=C\CCCCCCCC. The van der Waals surface area contributed by atoms with E-state index < -0.39 is 57.8 Å². The minimum Gasteiger partial charge on any atom is -0.462 e. The van der Waals surface area contributed by atoms with Crippen LogP contribution in [-0.4, -0.2) is 66.5 Å². The zero-order valence-electron chi connectivity index (χ0n) is 47.8. The van der Waals surface area contributed by atoms with Crippen LogP contribution in [-0.2, 0) is 42.2 Å². The molecule has 2 N–H and O–H groups in total. The lowest BCUT2D eigenvalue weighted by atomic mass is 10.0. The van der Waals surface area contributed by atoms with Crippen LogP contribution >= 0.6 is 7.82 Å². The molecule has 0 aliphatic carbocycles. The lowest BCUT2D eigenvalue weighted by molar-refractivity contribution is -0.161. The fraction of sp³-hybridized carbons (Fsp3) is 0.823. The minimum atomic E-state index is -4.75. The smallest absolute Gasteiger partial charge is 0.462 e. The van der Waals surface area contributed by atoms with Gasteiger partial charge in [-0.2, -0.15) is 0 Å². The number of rotatable bonds is 57. The van der Waals surface area contributed by atoms with Crippen LogP contribution in [0.4, 0.5) is 0 Å². The number of aliphatic hydroxyl groups is 1. The number of carbonyl (C=O) groups excluding carboxylic acids is 3. The van der Waals surface area contributed by atoms with Gasteiger partial charge in [-0.1, -0.05) is 243 Å². The molecule has 0 aromatic carbocycles. The van der Waals surface area contributed by atoms with E-state index in [9.17, 15) is 28.9 Å². The fourth-order valence-electron chi connectivity index (χ4n) is 8.60. The van der Waals surface area contributed by atoms with Gasteiger partial charge in [0.05, 0.1) is 19.8 Å². The Morgan fingerprint density at radius 1 is 0.392 bits per heavy atom. The van der Waals surface area contributed by atoms with Crippen LogP contribution in [0.25, 0.3) is 0 Å². The summed E-state index contributed by atoms with van der Waals surface area (Å²) in [5, 5.41) is 9.83. The van der Waals surface area contributed by atoms with Crippen LogP contribution in [0.15, 0.2) is 48.6 Å². The van der Waals surface area contributed by atoms with Crippen molar-refractivity contribution < 1.29 is 52.2 Å². The van der Waals surface area contributed by atoms with E-state index in [4.69, 9.17) is 23.3 Å². The van der Waals surface area contributed by atoms with Gasteiger partial charge in [-0.3, -0.25) is 23.4 Å². The predicted octanol–water partition coefficient (Wildman–Crippen LogP) is 18.1. The van der Waals surface area contributed by atoms with Crippen LogP contribution in [0.3, 0.4) is 0 Å². The average Bonchev–Trinajstić information content (AvgIpc) is 3.39. The van der Waals surface area contributed by atoms with Gasteiger partial charge in [0.2, 0.25) is 0 Å². The first-order valence-corrected chi connectivity index (χ1v) is 32.0. The van der Waals surface area contributed by atoms with Crippen LogP contribution < -0.4 is 0 Å². The summed E-state index contributed by atoms with van der Waals surface area (Å²) in [6.07, 6.45) is 60.7. The van der Waals surface area contributed by atoms with Gasteiger partial charge in [0.25, 0.3) is 0 Å². The molecule has 0 amide bonds. The molecule has 0 radical (unpaired) electrons. The Bertz CT molecular complexity index is 1430. The maximum absolute atomic E-state index is 12.9. The molecule has 432 valence electrons. The summed E-state index contributed by atoms with van der Waals surface area (Å²) in [5.74, 6) is -1.49. The molecule has 0 heterocycles. The number of esters is 3. The Kier molecular flexibility index (Phi) is 54.7. The van der Waals surface area contributed by atoms with Crippen molar-refractivity contribution in [1.29, 1.82) is 0 Å². The summed E-state index contributed by atoms with van der Waals surface area (Å²) in [5.41, 5.74) is 0. The fourth-order valence-corrected chi connectivity index (χ4v) is 9.39. The minimum absolute atomic E-state index is 0.158. The van der Waals surface area contributed by atoms with E-state index in [-0.39, 0.29) is 25.9 Å². The second-order valence-corrected chi connectivity index (χ2v) is 21.9. The first-order chi connectivity index (χ1) is 36.2. The van der Waals surface area contributed by atoms with Crippen molar-refractivity contribution in [2.45, 2.75) is 303 Å². The van der Waals surface area contributed by atoms with Crippen LogP contribution in [0.5, 0.6) is 0 Å². The number of carbonyl (C=O) groups is 3. The summed E-state index contributed by atoms with van der Waals surface area (Å²) in [6.45, 7) is 4.54. The summed E-state index contributed by atoms with van der Waals surface area (Å²) in [7, 11) is -4.75. The second kappa shape index (κ2) is 56.6. The molecule has 3 atom stereocenters. The number of ether oxygens (including phenoxy) is 3. The van der Waals surface area contributed by atoms with E-state index in [1.54, 1.807) is 0 Å². The maximum Gasteiger partial charge on any atom is 0.472 e. The standard InChI is InChI=1S/C62H113O11P/c1-4-7-10-13-16-19-22-25-27-29-31-34-37-40-43-46-49-52-61(65)72-58(54-63)56-70-74(67,68)71-57-59(55-69-60(64)51-48-45-42-39-36-33-24-21-18-15-12-9-6-3)73-62(66)53-50-47-44-41-38-35-32-30-28-26-23-20-17-14-11-8-5-2/h9,12,18,21,26,28,33,36,58-59,63H,4-8,10-11,13-17,19-20,22-25,27,29-32,34-35,37-57H2,1-3H3,(H,67,68)/b12-9-,21-18-,28-26-,36-33-. The molecule has 0 aromatic heterocycles. The van der Waals surface area contributed by atoms with E-state index in [1.165, 1.54) is 141 Å². The molecule has 0 rings (SSSR count). The third kappa shape index (κ3) is 54.2. The predicted molar refractivity (Wildman–Crippen MR) is 307 cm³/mol. The van der Waals surface area contributed by atoms with Gasteiger partial charge in [0, 0.05) is 19.3 Å². The Morgan fingerprint density at radius 3 is 1.11 bits per heavy atom. The van der Waals surface area contributed by atoms with Crippen molar-refractivity contribution in [3.8, 4) is 0 Å². The monoisotopic (exact) mass is 1060 g/mol. The molecular formula is C62H113O11P. The van der Waals surface area contributed by atoms with Crippen molar-refractivity contribution >= 4 is 25.7 Å². The third-order valence-corrected chi connectivity index (χ3v) is 14.2. The third-order valence-electron chi connectivity index (χ3n) is 13.2. The molecule has 0 bridgehead atoms. The van der Waals surface area contributed by atoms with Crippen LogP contribution in [0.1, 0.15) is 290 Å². The number of hydrogen-bond donors (Lipinski definition) is 2. The van der Waals surface area contributed by atoms with Gasteiger partial charge in [0.15, 0.2) is 6.10 Å². The summed E-state index contributed by atoms with van der Waals surface area (Å²) < 4.78 is 39.6. The highest BCUT2D eigenvalue weighted by Gasteiger charge is 2.28. The first kappa shape index (κ1) is 71.4. The van der Waals surface area contributed by atoms with Gasteiger partial charge in [0.1, 0.15) is 12.7 Å². The van der Waals surface area contributed by atoms with E-state index in [0.29, 0.717) is 19.3 Å². The Morgan fingerprint density at radius 2 is 0.703 bits per heavy atom. The maximum atomic E-state index is 12.9. The number of hydrogen-bond acceptors (Lipinski definition) is 10. The van der Waals surface area contributed by atoms with Gasteiger partial charge in [-0.05, 0) is 77.0 Å². The van der Waals surface area contributed by atoms with Crippen molar-refractivity contribution in [1.82, 2.24) is 0 Å². The van der Waals surface area contributed by atoms with E-state index in [2.05, 4.69) is 69.4 Å². The molecule has 0 aliphatic rings. The Balaban J connectivity index is 4.67. The van der Waals surface area contributed by atoms with E-state index in [0.717, 1.165) is 89.9 Å². The largest absolute Gasteiger partial charge is 0.472 e. The molecular weight excluding hydrogens is 952 g/mol. The van der Waals surface area contributed by atoms with Crippen molar-refractivity contribution in [3.05, 3.63) is 48.6 Å². The van der Waals surface area contributed by atoms with Crippen LogP contribution in [0, 0.1) is 0 Å². The quantitative estimate of drug-likeness (QED) is 0.0197. The summed E-state index contributed by atoms with van der Waals surface area (Å²) in [4.78, 5) is 48.6. The number of allylic oxidation sites excluding steroid dienone is 8. The second-order valence-electron chi connectivity index (χ2n) is 20.5. The molecule has 0 aliphatic heterocycles. The zero-order valence-corrected chi connectivity index (χ0v) is 48.7. The molecule has 11 nitrogen and oxygen atoms in total. The number of unbranched alkanes of at least 4 members (excludes halogenated alkanes) is 32. The van der Waals surface area contributed by atoms with Gasteiger partial charge in [-0.25, -0.2) is 4.57 Å². The average molecular weight is 1070 g/mol. The summed E-state index contributed by atoms with van der Waals surface area (Å²) >= 11 is 0. The van der Waals surface area contributed by atoms with Crippen LogP contribution in [0.2, 0.25) is 0 Å². The molecule has 0 spiro atoms. The molecule has 74 heavy (non-hydrogen) atoms. The van der Waals surface area contributed by atoms with E-state index in [1.807, 2.05) is 0 Å². The van der Waals surface area contributed by atoms with Gasteiger partial charge in [-0.15, -0.1) is 0 Å². The van der Waals surface area contributed by atoms with Crippen molar-refractivity contribution in [2.24, 2.45) is 0 Å². The topological polar surface area (TPSA) is 155 Å². The highest BCUT2D eigenvalue weighted by Crippen LogP contribution is 2.43. The number of phosphoric acid groups is 1. The van der Waals surface area contributed by atoms with Crippen molar-refractivity contribution in [3.63, 3.8) is 0 Å². The van der Waals surface area contributed by atoms with Gasteiger partial charge >= 0.3 is 25.7 Å². The van der Waals surface area contributed by atoms with Crippen molar-refractivity contribution in [2.75, 3.05) is 26.4 Å². The molecule has 0 saturated carbocycles. The summed E-state index contributed by atoms with van der Waals surface area (Å²) in [6, 6.07) is 0. The van der Waals surface area contributed by atoms with E-state index >= 15 is 0 Å². The zero-order chi connectivity index (χ0) is 54.1. The Hall–Kier alpha value is -2.56. The lowest BCUT2D eigenvalue weighted by Crippen LogP contribution is -2.30. The van der Waals surface area contributed by atoms with Gasteiger partial charge < -0.3 is 24.2 Å². The number of aliphatic hydroxyl groups excluding tert-OH is 1. The first-order valence-electron chi connectivity index (χ1n) is 30.5. The Labute approximate surface area is 453 Å². The number of phosphoric ester groups is 1. The normalized spacial score (nSPS) is 13.6. The molecule has 0 aromatic rings. The highest BCUT2D eigenvalue weighted by molar-refractivity contribution is 7.47. The lowest BCUT2D eigenvalue weighted by Gasteiger charge is -2.21. The molecule has 3 unspecified atom stereocenters. The molecule has 0 saturated heterocycles. The molecule has 0 fully saturated rings. The highest BCUT2D eigenvalue weighted by atomic mass is 31.2.